The highest BCUT2D eigenvalue weighted by Gasteiger charge is 2.37. The van der Waals surface area contributed by atoms with Crippen LogP contribution in [0.1, 0.15) is 48.1 Å². The van der Waals surface area contributed by atoms with Gasteiger partial charge in [0, 0.05) is 23.4 Å². The summed E-state index contributed by atoms with van der Waals surface area (Å²) in [7, 11) is 0. The molecular weight excluding hydrogens is 423 g/mol. The van der Waals surface area contributed by atoms with E-state index in [4.69, 9.17) is 4.74 Å². The number of carbonyl (C=O) groups is 2. The molecule has 5 rings (SSSR count). The van der Waals surface area contributed by atoms with Crippen LogP contribution in [0.2, 0.25) is 0 Å². The van der Waals surface area contributed by atoms with E-state index in [0.717, 1.165) is 23.4 Å². The average Bonchev–Trinajstić information content (AvgIpc) is 3.24. The van der Waals surface area contributed by atoms with Crippen molar-refractivity contribution in [2.45, 2.75) is 32.2 Å². The van der Waals surface area contributed by atoms with Gasteiger partial charge in [0.05, 0.1) is 12.8 Å². The van der Waals surface area contributed by atoms with Crippen LogP contribution in [0.3, 0.4) is 0 Å². The Hall–Kier alpha value is -3.94. The van der Waals surface area contributed by atoms with Crippen molar-refractivity contribution in [2.24, 2.45) is 0 Å². The number of hydrogen-bond acceptors (Lipinski definition) is 5. The largest absolute Gasteiger partial charge is 0.494 e. The van der Waals surface area contributed by atoms with Crippen molar-refractivity contribution in [3.63, 3.8) is 0 Å². The number of hydrogen-bond donors (Lipinski definition) is 2. The first-order valence-corrected chi connectivity index (χ1v) is 11.0. The maximum Gasteiger partial charge on any atom is 0.261 e. The van der Waals surface area contributed by atoms with Gasteiger partial charge >= 0.3 is 0 Å². The first kappa shape index (κ1) is 20.9. The summed E-state index contributed by atoms with van der Waals surface area (Å²) in [5, 5.41) is 10.6. The van der Waals surface area contributed by atoms with Gasteiger partial charge in [0.15, 0.2) is 5.78 Å². The van der Waals surface area contributed by atoms with Crippen LogP contribution in [-0.2, 0) is 4.79 Å². The van der Waals surface area contributed by atoms with Crippen molar-refractivity contribution in [1.82, 2.24) is 9.78 Å². The molecule has 2 aliphatic rings. The molecule has 33 heavy (non-hydrogen) atoms. The third-order valence-electron chi connectivity index (χ3n) is 5.89. The molecule has 168 valence electrons. The Bertz CT molecular complexity index is 1250. The molecule has 0 radical (unpaired) electrons. The fourth-order valence-electron chi connectivity index (χ4n) is 4.38. The maximum atomic E-state index is 13.6. The molecule has 1 aromatic heterocycles. The number of carbonyl (C=O) groups excluding carboxylic acids is 2. The van der Waals surface area contributed by atoms with E-state index in [0.29, 0.717) is 42.1 Å². The van der Waals surface area contributed by atoms with Crippen LogP contribution in [-0.4, -0.2) is 28.1 Å². The minimum Gasteiger partial charge on any atom is -0.494 e. The summed E-state index contributed by atoms with van der Waals surface area (Å²) in [6.07, 6.45) is 3.39. The second-order valence-corrected chi connectivity index (χ2v) is 8.01. The Morgan fingerprint density at radius 2 is 1.94 bits per heavy atom. The predicted octanol–water partition coefficient (Wildman–Crippen LogP) is 4.70. The van der Waals surface area contributed by atoms with Gasteiger partial charge in [-0.25, -0.2) is 9.07 Å². The van der Waals surface area contributed by atoms with Gasteiger partial charge in [0.1, 0.15) is 29.0 Å². The van der Waals surface area contributed by atoms with Gasteiger partial charge in [-0.15, -0.1) is 0 Å². The number of anilines is 2. The number of Topliss-reactive ketones (excluding diaryl/α,β-unsaturated/α-hetero) is 1. The molecule has 3 aromatic rings. The van der Waals surface area contributed by atoms with E-state index < -0.39 is 6.04 Å². The van der Waals surface area contributed by atoms with Gasteiger partial charge in [-0.3, -0.25) is 9.59 Å². The van der Waals surface area contributed by atoms with E-state index in [9.17, 15) is 14.0 Å². The SMILES string of the molecule is CCOc1ccc(NC(=O)c2cnn3c2NC2=C(C(=O)CCC2)[C@H]3c2ccc(F)cc2)cc1. The highest BCUT2D eigenvalue weighted by molar-refractivity contribution is 6.08. The number of benzene rings is 2. The van der Waals surface area contributed by atoms with Crippen molar-refractivity contribution in [1.29, 1.82) is 0 Å². The molecule has 2 N–H and O–H groups in total. The number of rotatable bonds is 5. The highest BCUT2D eigenvalue weighted by atomic mass is 19.1. The summed E-state index contributed by atoms with van der Waals surface area (Å²) < 4.78 is 20.7. The van der Waals surface area contributed by atoms with Crippen LogP contribution in [0.25, 0.3) is 0 Å². The molecule has 0 bridgehead atoms. The lowest BCUT2D eigenvalue weighted by Crippen LogP contribution is -2.32. The molecule has 2 heterocycles. The summed E-state index contributed by atoms with van der Waals surface area (Å²) >= 11 is 0. The number of nitrogens with zero attached hydrogens (tertiary/aromatic N) is 2. The molecule has 1 amide bonds. The van der Waals surface area contributed by atoms with Gasteiger partial charge < -0.3 is 15.4 Å². The zero-order chi connectivity index (χ0) is 22.9. The summed E-state index contributed by atoms with van der Waals surface area (Å²) in [4.78, 5) is 25.9. The Kier molecular flexibility index (Phi) is 5.42. The van der Waals surface area contributed by atoms with Crippen molar-refractivity contribution < 1.29 is 18.7 Å². The quantitative estimate of drug-likeness (QED) is 0.594. The molecule has 0 saturated carbocycles. The van der Waals surface area contributed by atoms with Crippen LogP contribution in [0.4, 0.5) is 15.9 Å². The monoisotopic (exact) mass is 446 g/mol. The Labute approximate surface area is 190 Å². The average molecular weight is 446 g/mol. The van der Waals surface area contributed by atoms with Crippen molar-refractivity contribution in [3.8, 4) is 5.75 Å². The summed E-state index contributed by atoms with van der Waals surface area (Å²) in [6.45, 7) is 2.47. The van der Waals surface area contributed by atoms with Crippen molar-refractivity contribution in [2.75, 3.05) is 17.2 Å². The Balaban J connectivity index is 1.50. The van der Waals surface area contributed by atoms with Gasteiger partial charge in [0.25, 0.3) is 5.91 Å². The van der Waals surface area contributed by atoms with Gasteiger partial charge in [-0.05, 0) is 61.7 Å². The smallest absolute Gasteiger partial charge is 0.261 e. The molecule has 0 unspecified atom stereocenters. The van der Waals surface area contributed by atoms with Crippen LogP contribution < -0.4 is 15.4 Å². The van der Waals surface area contributed by atoms with E-state index in [2.05, 4.69) is 15.7 Å². The fraction of sp³-hybridized carbons (Fsp3) is 0.240. The molecule has 7 nitrogen and oxygen atoms in total. The maximum absolute atomic E-state index is 13.6. The third-order valence-corrected chi connectivity index (χ3v) is 5.89. The van der Waals surface area contributed by atoms with Crippen LogP contribution in [0, 0.1) is 5.82 Å². The number of ketones is 1. The molecule has 2 aromatic carbocycles. The second-order valence-electron chi connectivity index (χ2n) is 8.01. The van der Waals surface area contributed by atoms with Gasteiger partial charge in [0.2, 0.25) is 0 Å². The van der Waals surface area contributed by atoms with Gasteiger partial charge in [-0.2, -0.15) is 5.10 Å². The minimum absolute atomic E-state index is 0.0413. The van der Waals surface area contributed by atoms with Gasteiger partial charge in [-0.1, -0.05) is 12.1 Å². The number of halogens is 1. The standard InChI is InChI=1S/C25H23FN4O3/c1-2-33-18-12-10-17(11-13-18)28-25(32)19-14-27-30-23(15-6-8-16(26)9-7-15)22-20(29-24(19)30)4-3-5-21(22)31/h6-14,23,29H,2-5H2,1H3,(H,28,32)/t23-/m1/s1. The van der Waals surface area contributed by atoms with E-state index in [1.165, 1.54) is 18.3 Å². The lowest BCUT2D eigenvalue weighted by molar-refractivity contribution is -0.116. The first-order valence-electron chi connectivity index (χ1n) is 11.0. The van der Waals surface area contributed by atoms with Crippen LogP contribution in [0.5, 0.6) is 5.75 Å². The molecule has 0 fully saturated rings. The highest BCUT2D eigenvalue weighted by Crippen LogP contribution is 2.41. The summed E-state index contributed by atoms with van der Waals surface area (Å²) in [5.74, 6) is 0.606. The number of nitrogens with one attached hydrogen (secondary N) is 2. The van der Waals surface area contributed by atoms with Crippen LogP contribution in [0.15, 0.2) is 66.0 Å². The number of aromatic nitrogens is 2. The van der Waals surface area contributed by atoms with E-state index in [1.54, 1.807) is 41.1 Å². The minimum atomic E-state index is -0.517. The predicted molar refractivity (Wildman–Crippen MR) is 122 cm³/mol. The van der Waals surface area contributed by atoms with Crippen molar-refractivity contribution in [3.05, 3.63) is 82.9 Å². The normalized spacial score (nSPS) is 17.2. The number of fused-ring (bicyclic) bond motifs is 1. The first-order chi connectivity index (χ1) is 16.0. The molecular formula is C25H23FN4O3. The lowest BCUT2D eigenvalue weighted by Gasteiger charge is -2.33. The van der Waals surface area contributed by atoms with Crippen molar-refractivity contribution >= 4 is 23.2 Å². The number of ether oxygens (including phenoxy) is 1. The Morgan fingerprint density at radius 3 is 2.67 bits per heavy atom. The Morgan fingerprint density at radius 1 is 1.18 bits per heavy atom. The molecule has 0 spiro atoms. The zero-order valence-corrected chi connectivity index (χ0v) is 18.1. The topological polar surface area (TPSA) is 85.2 Å². The number of allylic oxidation sites excluding steroid dienone is 2. The van der Waals surface area contributed by atoms with E-state index in [1.807, 2.05) is 6.92 Å². The molecule has 1 atom stereocenters. The molecule has 8 heteroatoms. The lowest BCUT2D eigenvalue weighted by atomic mass is 9.85. The zero-order valence-electron chi connectivity index (χ0n) is 18.1. The third kappa shape index (κ3) is 3.88. The van der Waals surface area contributed by atoms with E-state index in [-0.39, 0.29) is 17.5 Å². The second kappa shape index (κ2) is 8.54. The summed E-state index contributed by atoms with van der Waals surface area (Å²) in [5.41, 5.74) is 3.15. The summed E-state index contributed by atoms with van der Waals surface area (Å²) in [6, 6.07) is 12.7. The number of amides is 1. The van der Waals surface area contributed by atoms with Crippen LogP contribution >= 0.6 is 0 Å². The van der Waals surface area contributed by atoms with E-state index >= 15 is 0 Å². The molecule has 1 aliphatic carbocycles. The molecule has 1 aliphatic heterocycles. The fourth-order valence-corrected chi connectivity index (χ4v) is 4.38. The molecule has 0 saturated heterocycles.